The van der Waals surface area contributed by atoms with E-state index in [-0.39, 0.29) is 42.5 Å². The minimum absolute atomic E-state index is 0.00911. The summed E-state index contributed by atoms with van der Waals surface area (Å²) in [5, 5.41) is 2.84. The number of likely N-dealkylation sites (N-methyl/N-ethyl adjacent to an activating group) is 1. The first-order chi connectivity index (χ1) is 13.2. The molecule has 0 saturated carbocycles. The predicted octanol–water partition coefficient (Wildman–Crippen LogP) is 2.57. The average molecular weight is 390 g/mol. The smallest absolute Gasteiger partial charge is 0.240 e. The number of benzene rings is 1. The van der Waals surface area contributed by atoms with E-state index in [2.05, 4.69) is 5.32 Å². The number of hydrogen-bond acceptors (Lipinski definition) is 5. The SMILES string of the molecule is CCN(CC(=O)NC(C)(C)C)C(=O)CCC(=O)c1ccc2c(c1)OCCCO2. The number of carbonyl (C=O) groups excluding carboxylic acids is 3. The van der Waals surface area contributed by atoms with Gasteiger partial charge in [-0.3, -0.25) is 14.4 Å². The summed E-state index contributed by atoms with van der Waals surface area (Å²) in [6, 6.07) is 5.08. The lowest BCUT2D eigenvalue weighted by Crippen LogP contribution is -2.47. The number of nitrogens with zero attached hydrogens (tertiary/aromatic N) is 1. The lowest BCUT2D eigenvalue weighted by Gasteiger charge is -2.25. The van der Waals surface area contributed by atoms with Crippen LogP contribution in [0.1, 0.15) is 57.3 Å². The fourth-order valence-corrected chi connectivity index (χ4v) is 2.87. The van der Waals surface area contributed by atoms with Gasteiger partial charge in [-0.05, 0) is 45.9 Å². The van der Waals surface area contributed by atoms with Crippen molar-refractivity contribution in [3.05, 3.63) is 23.8 Å². The highest BCUT2D eigenvalue weighted by Crippen LogP contribution is 2.30. The number of rotatable bonds is 7. The molecule has 2 amide bonds. The van der Waals surface area contributed by atoms with Crippen LogP contribution in [0.3, 0.4) is 0 Å². The van der Waals surface area contributed by atoms with Gasteiger partial charge in [0.1, 0.15) is 0 Å². The van der Waals surface area contributed by atoms with Crippen molar-refractivity contribution in [2.75, 3.05) is 26.3 Å². The Bertz CT molecular complexity index is 724. The number of fused-ring (bicyclic) bond motifs is 1. The zero-order valence-electron chi connectivity index (χ0n) is 17.2. The fourth-order valence-electron chi connectivity index (χ4n) is 2.87. The topological polar surface area (TPSA) is 84.9 Å². The molecule has 0 aliphatic carbocycles. The van der Waals surface area contributed by atoms with Crippen molar-refractivity contribution in [3.63, 3.8) is 0 Å². The Morgan fingerprint density at radius 2 is 1.75 bits per heavy atom. The summed E-state index contributed by atoms with van der Waals surface area (Å²) in [7, 11) is 0. The number of carbonyl (C=O) groups is 3. The van der Waals surface area contributed by atoms with Gasteiger partial charge in [-0.2, -0.15) is 0 Å². The number of nitrogens with one attached hydrogen (secondary N) is 1. The van der Waals surface area contributed by atoms with Gasteiger partial charge in [0.25, 0.3) is 0 Å². The molecule has 1 heterocycles. The molecule has 0 atom stereocenters. The summed E-state index contributed by atoms with van der Waals surface area (Å²) in [4.78, 5) is 38.5. The van der Waals surface area contributed by atoms with Crippen LogP contribution >= 0.6 is 0 Å². The van der Waals surface area contributed by atoms with Gasteiger partial charge in [0.05, 0.1) is 19.8 Å². The molecule has 28 heavy (non-hydrogen) atoms. The maximum absolute atomic E-state index is 12.5. The molecule has 0 spiro atoms. The first-order valence-corrected chi connectivity index (χ1v) is 9.71. The maximum atomic E-state index is 12.5. The van der Waals surface area contributed by atoms with E-state index < -0.39 is 0 Å². The van der Waals surface area contributed by atoms with Crippen molar-refractivity contribution in [1.29, 1.82) is 0 Å². The third-order valence-corrected chi connectivity index (χ3v) is 4.22. The number of hydrogen-bond donors (Lipinski definition) is 1. The van der Waals surface area contributed by atoms with Crippen molar-refractivity contribution in [2.24, 2.45) is 0 Å². The molecule has 2 rings (SSSR count). The zero-order chi connectivity index (χ0) is 20.7. The normalized spacial score (nSPS) is 13.4. The van der Waals surface area contributed by atoms with E-state index in [4.69, 9.17) is 9.47 Å². The van der Waals surface area contributed by atoms with E-state index >= 15 is 0 Å². The molecular formula is C21H30N2O5. The van der Waals surface area contributed by atoms with Crippen LogP contribution in [0, 0.1) is 0 Å². The second-order valence-electron chi connectivity index (χ2n) is 7.84. The van der Waals surface area contributed by atoms with Gasteiger partial charge in [0, 0.05) is 36.9 Å². The standard InChI is InChI=1S/C21H30N2O5/c1-5-23(14-19(25)22-21(2,3)4)20(26)10-8-16(24)15-7-9-17-18(13-15)28-12-6-11-27-17/h7,9,13H,5-6,8,10-12,14H2,1-4H3,(H,22,25). The third kappa shape index (κ3) is 6.55. The van der Waals surface area contributed by atoms with E-state index in [1.165, 1.54) is 4.90 Å². The van der Waals surface area contributed by atoms with Crippen LogP contribution in [0.25, 0.3) is 0 Å². The Morgan fingerprint density at radius 1 is 1.07 bits per heavy atom. The fraction of sp³-hybridized carbons (Fsp3) is 0.571. The van der Waals surface area contributed by atoms with Crippen LogP contribution in [-0.4, -0.2) is 54.3 Å². The highest BCUT2D eigenvalue weighted by molar-refractivity contribution is 5.98. The maximum Gasteiger partial charge on any atom is 0.240 e. The van der Waals surface area contributed by atoms with E-state index in [9.17, 15) is 14.4 Å². The molecule has 7 heteroatoms. The van der Waals surface area contributed by atoms with Gasteiger partial charge in [-0.25, -0.2) is 0 Å². The molecule has 0 fully saturated rings. The molecule has 0 radical (unpaired) electrons. The van der Waals surface area contributed by atoms with Crippen molar-refractivity contribution in [3.8, 4) is 11.5 Å². The van der Waals surface area contributed by atoms with Crippen LogP contribution in [0.5, 0.6) is 11.5 Å². The molecule has 1 aromatic carbocycles. The van der Waals surface area contributed by atoms with Crippen LogP contribution < -0.4 is 14.8 Å². The first kappa shape index (κ1) is 21.7. The van der Waals surface area contributed by atoms with Gasteiger partial charge >= 0.3 is 0 Å². The van der Waals surface area contributed by atoms with Crippen molar-refractivity contribution in [2.45, 2.75) is 52.5 Å². The van der Waals surface area contributed by atoms with Crippen LogP contribution in [-0.2, 0) is 9.59 Å². The zero-order valence-corrected chi connectivity index (χ0v) is 17.2. The lowest BCUT2D eigenvalue weighted by atomic mass is 10.1. The van der Waals surface area contributed by atoms with Crippen LogP contribution in [0.4, 0.5) is 0 Å². The summed E-state index contributed by atoms with van der Waals surface area (Å²) >= 11 is 0. The Kier molecular flexibility index (Phi) is 7.43. The van der Waals surface area contributed by atoms with Crippen LogP contribution in [0.2, 0.25) is 0 Å². The number of amides is 2. The highest BCUT2D eigenvalue weighted by atomic mass is 16.5. The second kappa shape index (κ2) is 9.57. The summed E-state index contributed by atoms with van der Waals surface area (Å²) in [5.74, 6) is 0.626. The largest absolute Gasteiger partial charge is 0.490 e. The number of ether oxygens (including phenoxy) is 2. The molecule has 0 saturated heterocycles. The Labute approximate surface area is 166 Å². The van der Waals surface area contributed by atoms with E-state index in [1.807, 2.05) is 27.7 Å². The Hall–Kier alpha value is -2.57. The average Bonchev–Trinajstić information content (AvgIpc) is 2.87. The van der Waals surface area contributed by atoms with E-state index in [0.29, 0.717) is 36.8 Å². The van der Waals surface area contributed by atoms with E-state index in [1.54, 1.807) is 18.2 Å². The molecule has 0 unspecified atom stereocenters. The second-order valence-corrected chi connectivity index (χ2v) is 7.84. The Balaban J connectivity index is 1.91. The van der Waals surface area contributed by atoms with Crippen molar-refractivity contribution in [1.82, 2.24) is 10.2 Å². The summed E-state index contributed by atoms with van der Waals surface area (Å²) < 4.78 is 11.2. The highest BCUT2D eigenvalue weighted by Gasteiger charge is 2.21. The molecule has 1 aromatic rings. The van der Waals surface area contributed by atoms with E-state index in [0.717, 1.165) is 6.42 Å². The molecule has 154 valence electrons. The monoisotopic (exact) mass is 390 g/mol. The minimum atomic E-state index is -0.355. The van der Waals surface area contributed by atoms with Gasteiger partial charge < -0.3 is 19.7 Å². The molecule has 1 aliphatic heterocycles. The number of Topliss-reactive ketones (excluding diaryl/α,β-unsaturated/α-hetero) is 1. The summed E-state index contributed by atoms with van der Waals surface area (Å²) in [6.07, 6.45) is 0.932. The van der Waals surface area contributed by atoms with Crippen molar-refractivity contribution >= 4 is 17.6 Å². The quantitative estimate of drug-likeness (QED) is 0.724. The summed E-state index contributed by atoms with van der Waals surface area (Å²) in [5.41, 5.74) is 0.137. The minimum Gasteiger partial charge on any atom is -0.490 e. The molecule has 7 nitrogen and oxygen atoms in total. The van der Waals surface area contributed by atoms with Gasteiger partial charge in [-0.15, -0.1) is 0 Å². The number of ketones is 1. The molecular weight excluding hydrogens is 360 g/mol. The first-order valence-electron chi connectivity index (χ1n) is 9.71. The molecule has 0 bridgehead atoms. The summed E-state index contributed by atoms with van der Waals surface area (Å²) in [6.45, 7) is 9.01. The van der Waals surface area contributed by atoms with Crippen molar-refractivity contribution < 1.29 is 23.9 Å². The third-order valence-electron chi connectivity index (χ3n) is 4.22. The molecule has 1 aliphatic rings. The molecule has 0 aromatic heterocycles. The van der Waals surface area contributed by atoms with Gasteiger partial charge in [0.15, 0.2) is 17.3 Å². The Morgan fingerprint density at radius 3 is 2.39 bits per heavy atom. The van der Waals surface area contributed by atoms with Gasteiger partial charge in [0.2, 0.25) is 11.8 Å². The molecule has 1 N–H and O–H groups in total. The van der Waals surface area contributed by atoms with Crippen LogP contribution in [0.15, 0.2) is 18.2 Å². The lowest BCUT2D eigenvalue weighted by molar-refractivity contribution is -0.136. The van der Waals surface area contributed by atoms with Gasteiger partial charge in [-0.1, -0.05) is 0 Å². The predicted molar refractivity (Wildman–Crippen MR) is 106 cm³/mol.